The Morgan fingerprint density at radius 3 is 3.00 bits per heavy atom. The Balaban J connectivity index is 1.40. The van der Waals surface area contributed by atoms with Crippen molar-refractivity contribution < 1.29 is 4.79 Å². The van der Waals surface area contributed by atoms with Crippen LogP contribution in [0.3, 0.4) is 0 Å². The van der Waals surface area contributed by atoms with E-state index in [2.05, 4.69) is 44.8 Å². The van der Waals surface area contributed by atoms with E-state index in [1.807, 2.05) is 6.07 Å². The molecule has 2 aliphatic rings. The number of amides is 1. The van der Waals surface area contributed by atoms with Crippen LogP contribution in [-0.4, -0.2) is 47.5 Å². The van der Waals surface area contributed by atoms with Crippen LogP contribution in [0, 0.1) is 0 Å². The van der Waals surface area contributed by atoms with E-state index in [9.17, 15) is 4.79 Å². The van der Waals surface area contributed by atoms with Gasteiger partial charge in [0, 0.05) is 43.4 Å². The fourth-order valence-electron chi connectivity index (χ4n) is 3.12. The molecule has 1 aliphatic carbocycles. The zero-order valence-corrected chi connectivity index (χ0v) is 12.6. The van der Waals surface area contributed by atoms with Crippen LogP contribution in [0.5, 0.6) is 0 Å². The van der Waals surface area contributed by atoms with Gasteiger partial charge in [-0.1, -0.05) is 18.2 Å². The van der Waals surface area contributed by atoms with Crippen LogP contribution in [0.2, 0.25) is 0 Å². The SMILES string of the molecule is O=C(NC1CC1)[C@H]1CN(Cc2cc3ccccc3[nH]2)CCN1. The fraction of sp³-hybridized carbons (Fsp3) is 0.471. The number of carbonyl (C=O) groups excluding carboxylic acids is 1. The van der Waals surface area contributed by atoms with Crippen molar-refractivity contribution in [3.8, 4) is 0 Å². The molecule has 2 fully saturated rings. The van der Waals surface area contributed by atoms with Gasteiger partial charge in [-0.3, -0.25) is 9.69 Å². The monoisotopic (exact) mass is 298 g/mol. The number of carbonyl (C=O) groups is 1. The molecule has 2 heterocycles. The van der Waals surface area contributed by atoms with Gasteiger partial charge in [0.15, 0.2) is 0 Å². The van der Waals surface area contributed by atoms with E-state index in [4.69, 9.17) is 0 Å². The van der Waals surface area contributed by atoms with Gasteiger partial charge in [0.1, 0.15) is 0 Å². The van der Waals surface area contributed by atoms with Crippen LogP contribution in [0.4, 0.5) is 0 Å². The Morgan fingerprint density at radius 2 is 2.18 bits per heavy atom. The third kappa shape index (κ3) is 3.00. The summed E-state index contributed by atoms with van der Waals surface area (Å²) in [5.74, 6) is 0.156. The molecule has 1 atom stereocenters. The highest BCUT2D eigenvalue weighted by Crippen LogP contribution is 2.19. The Bertz CT molecular complexity index is 643. The van der Waals surface area contributed by atoms with Crippen molar-refractivity contribution in [2.24, 2.45) is 0 Å². The number of aromatic nitrogens is 1. The van der Waals surface area contributed by atoms with Crippen molar-refractivity contribution in [1.29, 1.82) is 0 Å². The number of rotatable bonds is 4. The van der Waals surface area contributed by atoms with E-state index in [0.717, 1.165) is 39.0 Å². The van der Waals surface area contributed by atoms with Crippen LogP contribution in [-0.2, 0) is 11.3 Å². The summed E-state index contributed by atoms with van der Waals surface area (Å²) in [5, 5.41) is 7.67. The van der Waals surface area contributed by atoms with E-state index in [1.165, 1.54) is 16.6 Å². The first kappa shape index (κ1) is 13.8. The van der Waals surface area contributed by atoms with E-state index in [0.29, 0.717) is 6.04 Å². The molecule has 1 aliphatic heterocycles. The second-order valence-electron chi connectivity index (χ2n) is 6.41. The van der Waals surface area contributed by atoms with Crippen molar-refractivity contribution in [2.75, 3.05) is 19.6 Å². The predicted molar refractivity (Wildman–Crippen MR) is 86.5 cm³/mol. The molecule has 4 rings (SSSR count). The van der Waals surface area contributed by atoms with Crippen LogP contribution in [0.1, 0.15) is 18.5 Å². The lowest BCUT2D eigenvalue weighted by Crippen LogP contribution is -2.57. The predicted octanol–water partition coefficient (Wildman–Crippen LogP) is 1.22. The van der Waals surface area contributed by atoms with Gasteiger partial charge < -0.3 is 15.6 Å². The lowest BCUT2D eigenvalue weighted by Gasteiger charge is -2.32. The van der Waals surface area contributed by atoms with Crippen LogP contribution < -0.4 is 10.6 Å². The van der Waals surface area contributed by atoms with Crippen molar-refractivity contribution >= 4 is 16.8 Å². The molecule has 0 radical (unpaired) electrons. The number of para-hydroxylation sites is 1. The number of nitrogens with one attached hydrogen (secondary N) is 3. The average molecular weight is 298 g/mol. The van der Waals surface area contributed by atoms with Gasteiger partial charge in [0.05, 0.1) is 6.04 Å². The van der Waals surface area contributed by atoms with Gasteiger partial charge in [-0.15, -0.1) is 0 Å². The summed E-state index contributed by atoms with van der Waals surface area (Å²) in [7, 11) is 0. The highest BCUT2D eigenvalue weighted by Gasteiger charge is 2.30. The second kappa shape index (κ2) is 5.74. The average Bonchev–Trinajstić information content (AvgIpc) is 3.24. The quantitative estimate of drug-likeness (QED) is 0.795. The van der Waals surface area contributed by atoms with Crippen molar-refractivity contribution in [3.05, 3.63) is 36.0 Å². The van der Waals surface area contributed by atoms with Gasteiger partial charge in [-0.2, -0.15) is 0 Å². The molecule has 5 heteroatoms. The lowest BCUT2D eigenvalue weighted by molar-refractivity contribution is -0.124. The van der Waals surface area contributed by atoms with Gasteiger partial charge in [-0.05, 0) is 30.4 Å². The molecule has 3 N–H and O–H groups in total. The van der Waals surface area contributed by atoms with Gasteiger partial charge >= 0.3 is 0 Å². The summed E-state index contributed by atoms with van der Waals surface area (Å²) in [6.07, 6.45) is 2.27. The second-order valence-corrected chi connectivity index (χ2v) is 6.41. The van der Waals surface area contributed by atoms with Crippen LogP contribution in [0.25, 0.3) is 10.9 Å². The Morgan fingerprint density at radius 1 is 1.32 bits per heavy atom. The van der Waals surface area contributed by atoms with E-state index >= 15 is 0 Å². The molecule has 0 unspecified atom stereocenters. The molecule has 1 saturated heterocycles. The third-order valence-electron chi connectivity index (χ3n) is 4.48. The summed E-state index contributed by atoms with van der Waals surface area (Å²) < 4.78 is 0. The highest BCUT2D eigenvalue weighted by atomic mass is 16.2. The standard InChI is InChI=1S/C17H22N4O/c22-17(20-13-5-6-13)16-11-21(8-7-18-16)10-14-9-12-3-1-2-4-15(12)19-14/h1-4,9,13,16,18-19H,5-8,10-11H2,(H,20,22)/t16-/m1/s1. The molecule has 5 nitrogen and oxygen atoms in total. The molecule has 2 aromatic rings. The first-order valence-corrected chi connectivity index (χ1v) is 8.11. The van der Waals surface area contributed by atoms with Crippen molar-refractivity contribution in [3.63, 3.8) is 0 Å². The molecule has 0 bridgehead atoms. The fourth-order valence-corrected chi connectivity index (χ4v) is 3.12. The summed E-state index contributed by atoms with van der Waals surface area (Å²) in [5.41, 5.74) is 2.39. The maximum absolute atomic E-state index is 12.2. The Hall–Kier alpha value is -1.85. The molecule has 1 amide bonds. The van der Waals surface area contributed by atoms with Gasteiger partial charge in [-0.25, -0.2) is 0 Å². The first-order valence-electron chi connectivity index (χ1n) is 8.11. The smallest absolute Gasteiger partial charge is 0.238 e. The maximum atomic E-state index is 12.2. The topological polar surface area (TPSA) is 60.2 Å². The first-order chi connectivity index (χ1) is 10.8. The number of piperazine rings is 1. The van der Waals surface area contributed by atoms with Crippen molar-refractivity contribution in [2.45, 2.75) is 31.5 Å². The highest BCUT2D eigenvalue weighted by molar-refractivity contribution is 5.82. The van der Waals surface area contributed by atoms with E-state index in [-0.39, 0.29) is 11.9 Å². The minimum absolute atomic E-state index is 0.0845. The van der Waals surface area contributed by atoms with Gasteiger partial charge in [0.25, 0.3) is 0 Å². The number of benzene rings is 1. The molecule has 0 spiro atoms. The Kier molecular flexibility index (Phi) is 3.60. The maximum Gasteiger partial charge on any atom is 0.238 e. The molecule has 1 aromatic carbocycles. The normalized spacial score (nSPS) is 22.8. The van der Waals surface area contributed by atoms with Crippen LogP contribution >= 0.6 is 0 Å². The third-order valence-corrected chi connectivity index (χ3v) is 4.48. The molecule has 22 heavy (non-hydrogen) atoms. The zero-order valence-electron chi connectivity index (χ0n) is 12.6. The number of fused-ring (bicyclic) bond motifs is 1. The summed E-state index contributed by atoms with van der Waals surface area (Å²) in [4.78, 5) is 18.0. The molecular formula is C17H22N4O. The van der Waals surface area contributed by atoms with Crippen LogP contribution in [0.15, 0.2) is 30.3 Å². The summed E-state index contributed by atoms with van der Waals surface area (Å²) in [6.45, 7) is 3.48. The minimum Gasteiger partial charge on any atom is -0.357 e. The lowest BCUT2D eigenvalue weighted by atomic mass is 10.2. The molecule has 116 valence electrons. The summed E-state index contributed by atoms with van der Waals surface area (Å²) in [6, 6.07) is 10.9. The summed E-state index contributed by atoms with van der Waals surface area (Å²) >= 11 is 0. The Labute approximate surface area is 130 Å². The molecule has 1 aromatic heterocycles. The number of hydrogen-bond donors (Lipinski definition) is 3. The largest absolute Gasteiger partial charge is 0.357 e. The van der Waals surface area contributed by atoms with E-state index in [1.54, 1.807) is 0 Å². The van der Waals surface area contributed by atoms with Gasteiger partial charge in [0.2, 0.25) is 5.91 Å². The minimum atomic E-state index is -0.0845. The number of nitrogens with zero attached hydrogens (tertiary/aromatic N) is 1. The van der Waals surface area contributed by atoms with Crippen molar-refractivity contribution in [1.82, 2.24) is 20.5 Å². The number of aromatic amines is 1. The zero-order chi connectivity index (χ0) is 14.9. The van der Waals surface area contributed by atoms with E-state index < -0.39 is 0 Å². The number of hydrogen-bond acceptors (Lipinski definition) is 3. The number of H-pyrrole nitrogens is 1. The molecule has 1 saturated carbocycles. The molecular weight excluding hydrogens is 276 g/mol.